The Labute approximate surface area is 215 Å². The van der Waals surface area contributed by atoms with Crippen LogP contribution in [0.4, 0.5) is 0 Å². The third-order valence-corrected chi connectivity index (χ3v) is 39.9. The zero-order valence-electron chi connectivity index (χ0n) is 21.6. The lowest BCUT2D eigenvalue weighted by Gasteiger charge is -2.57. The molecule has 4 aliphatic heterocycles. The van der Waals surface area contributed by atoms with Crippen molar-refractivity contribution in [3.63, 3.8) is 0 Å². The molecule has 22 heteroatoms. The van der Waals surface area contributed by atoms with Gasteiger partial charge in [-0.05, 0) is 25.6 Å². The molecule has 6 unspecified atom stereocenters. The van der Waals surface area contributed by atoms with E-state index < -0.39 is 70.2 Å². The molecule has 4 heterocycles. The Morgan fingerprint density at radius 3 is 1.26 bits per heavy atom. The van der Waals surface area contributed by atoms with E-state index in [4.69, 9.17) is 51.0 Å². The summed E-state index contributed by atoms with van der Waals surface area (Å²) in [6.45, 7) is 15.8. The van der Waals surface area contributed by atoms with Gasteiger partial charge in [0.15, 0.2) is 0 Å². The largest absolute Gasteiger partial charge is 0.480 e. The molecule has 4 aliphatic rings. The lowest BCUT2D eigenvalue weighted by molar-refractivity contribution is 0.0110. The molecule has 4 rings (SSSR count). The van der Waals surface area contributed by atoms with Crippen molar-refractivity contribution in [3.8, 4) is 0 Å². The summed E-state index contributed by atoms with van der Waals surface area (Å²) in [5.41, 5.74) is 5.58. The standard InChI is InChI=1S/C13H38N2O12Si8/c1-28(13-9-11-15-12-10-14)17-30(3)21-32(5)19-29(2,16)20-33(6)22-31(4,18-28)24-34(7,23-30)27-35(8,25-32)26-33/h15-16H,9-14H2,1-8H3/t28?,29?,30-,31?,32+,33?,34?,35?/m0/s1. The van der Waals surface area contributed by atoms with E-state index in [1.165, 1.54) is 6.55 Å². The Hall–Kier alpha value is 1.18. The van der Waals surface area contributed by atoms with Crippen molar-refractivity contribution in [1.82, 2.24) is 5.32 Å². The first-order valence-corrected chi connectivity index (χ1v) is 29.8. The molecule has 4 saturated heterocycles. The highest BCUT2D eigenvalue weighted by atomic mass is 28.6. The van der Waals surface area contributed by atoms with Gasteiger partial charge in [0.1, 0.15) is 0 Å². The van der Waals surface area contributed by atoms with Gasteiger partial charge in [-0.25, -0.2) is 0 Å². The number of nitrogens with two attached hydrogens (primary N) is 1. The molecule has 8 atom stereocenters. The number of hydrogen-bond donors (Lipinski definition) is 3. The molecule has 0 aromatic rings. The summed E-state index contributed by atoms with van der Waals surface area (Å²) < 4.78 is 71.3. The van der Waals surface area contributed by atoms with Crippen LogP contribution in [-0.4, -0.2) is 94.6 Å². The minimum absolute atomic E-state index is 0.561. The molecule has 204 valence electrons. The minimum Gasteiger partial charge on any atom is -0.394 e. The summed E-state index contributed by atoms with van der Waals surface area (Å²) in [5.74, 6) is 0. The zero-order valence-corrected chi connectivity index (χ0v) is 29.6. The fraction of sp³-hybridized carbons (Fsp3) is 1.00. The molecule has 0 amide bonds. The van der Waals surface area contributed by atoms with Crippen molar-refractivity contribution in [2.24, 2.45) is 5.73 Å². The lowest BCUT2D eigenvalue weighted by Crippen LogP contribution is -2.82. The van der Waals surface area contributed by atoms with Gasteiger partial charge in [-0.3, -0.25) is 0 Å². The molecule has 4 fully saturated rings. The maximum absolute atomic E-state index is 11.1. The molecule has 14 nitrogen and oxygen atoms in total. The number of hydrogen-bond acceptors (Lipinski definition) is 14. The lowest BCUT2D eigenvalue weighted by atomic mass is 10.5. The zero-order chi connectivity index (χ0) is 26.0. The molecular formula is C13H38N2O12Si8. The van der Waals surface area contributed by atoms with Crippen molar-refractivity contribution in [3.05, 3.63) is 0 Å². The van der Waals surface area contributed by atoms with Crippen LogP contribution in [-0.2, 0) is 45.3 Å². The summed E-state index contributed by atoms with van der Waals surface area (Å²) in [4.78, 5) is 11.1. The molecule has 0 saturated carbocycles. The molecule has 4 N–H and O–H groups in total. The van der Waals surface area contributed by atoms with Gasteiger partial charge in [0, 0.05) is 58.9 Å². The van der Waals surface area contributed by atoms with Crippen LogP contribution in [0.1, 0.15) is 6.42 Å². The maximum Gasteiger partial charge on any atom is 0.480 e. The van der Waals surface area contributed by atoms with Gasteiger partial charge >= 0.3 is 70.2 Å². The van der Waals surface area contributed by atoms with Crippen molar-refractivity contribution >= 4 is 70.2 Å². The average Bonchev–Trinajstić information content (AvgIpc) is 2.52. The van der Waals surface area contributed by atoms with Gasteiger partial charge in [0.25, 0.3) is 0 Å². The van der Waals surface area contributed by atoms with E-state index in [0.717, 1.165) is 19.5 Å². The van der Waals surface area contributed by atoms with Crippen LogP contribution in [0.2, 0.25) is 58.4 Å². The van der Waals surface area contributed by atoms with E-state index >= 15 is 0 Å². The summed E-state index contributed by atoms with van der Waals surface area (Å²) in [6, 6.07) is 0.618. The van der Waals surface area contributed by atoms with Crippen molar-refractivity contribution in [2.75, 3.05) is 19.6 Å². The first-order chi connectivity index (χ1) is 15.8. The van der Waals surface area contributed by atoms with Gasteiger partial charge in [-0.1, -0.05) is 0 Å². The van der Waals surface area contributed by atoms with Gasteiger partial charge < -0.3 is 61.1 Å². The molecule has 0 aliphatic carbocycles. The van der Waals surface area contributed by atoms with Gasteiger partial charge in [0.05, 0.1) is 0 Å². The van der Waals surface area contributed by atoms with Gasteiger partial charge in [-0.2, -0.15) is 0 Å². The highest BCUT2D eigenvalue weighted by Gasteiger charge is 2.74. The monoisotopic (exact) mass is 638 g/mol. The van der Waals surface area contributed by atoms with E-state index in [9.17, 15) is 4.80 Å². The van der Waals surface area contributed by atoms with Crippen LogP contribution in [0, 0.1) is 0 Å². The molecular weight excluding hydrogens is 601 g/mol. The van der Waals surface area contributed by atoms with Crippen LogP contribution in [0.15, 0.2) is 0 Å². The van der Waals surface area contributed by atoms with Crippen molar-refractivity contribution in [1.29, 1.82) is 0 Å². The minimum atomic E-state index is -3.84. The van der Waals surface area contributed by atoms with Crippen LogP contribution >= 0.6 is 0 Å². The SMILES string of the molecule is C[Si]1(O)O[Si]2(C)O[Si]3(C)O[Si](C)(CCCNCCN)O[Si@]4(C)O[Si](C)(O3)O[Si](C)(O2)O[Si@](C)(O1)O4. The van der Waals surface area contributed by atoms with E-state index in [-0.39, 0.29) is 0 Å². The topological polar surface area (TPSA) is 160 Å². The molecule has 35 heavy (non-hydrogen) atoms. The molecule has 0 aromatic heterocycles. The van der Waals surface area contributed by atoms with Crippen LogP contribution in [0.5, 0.6) is 0 Å². The molecule has 0 aromatic carbocycles. The Morgan fingerprint density at radius 1 is 0.543 bits per heavy atom. The number of nitrogens with one attached hydrogen (secondary N) is 1. The van der Waals surface area contributed by atoms with Crippen LogP contribution in [0.3, 0.4) is 0 Å². The van der Waals surface area contributed by atoms with E-state index in [0.29, 0.717) is 12.6 Å². The summed E-state index contributed by atoms with van der Waals surface area (Å²) in [7, 11) is -28.4. The van der Waals surface area contributed by atoms with E-state index in [2.05, 4.69) is 5.32 Å². The normalized spacial score (nSPS) is 54.3. The molecule has 0 radical (unpaired) electrons. The van der Waals surface area contributed by atoms with Crippen LogP contribution in [0.25, 0.3) is 0 Å². The second-order valence-corrected chi connectivity index (χ2v) is 33.9. The van der Waals surface area contributed by atoms with Crippen molar-refractivity contribution in [2.45, 2.75) is 64.8 Å². The quantitative estimate of drug-likeness (QED) is 0.267. The Balaban J connectivity index is 1.79. The molecule has 0 spiro atoms. The smallest absolute Gasteiger partial charge is 0.394 e. The second kappa shape index (κ2) is 9.38. The van der Waals surface area contributed by atoms with Crippen molar-refractivity contribution < 1.29 is 50.1 Å². The first-order valence-electron chi connectivity index (χ1n) is 11.7. The summed E-state index contributed by atoms with van der Waals surface area (Å²) in [6.07, 6.45) is 0.777. The number of fused-ring (bicyclic) bond motifs is 4. The molecule has 6 bridgehead atoms. The fourth-order valence-electron chi connectivity index (χ4n) is 5.11. The Kier molecular flexibility index (Phi) is 7.82. The predicted molar refractivity (Wildman–Crippen MR) is 138 cm³/mol. The predicted octanol–water partition coefficient (Wildman–Crippen LogP) is 0.207. The average molecular weight is 639 g/mol. The highest BCUT2D eigenvalue weighted by Crippen LogP contribution is 2.45. The maximum atomic E-state index is 11.1. The van der Waals surface area contributed by atoms with Gasteiger partial charge in [0.2, 0.25) is 0 Å². The Bertz CT molecular complexity index is 786. The fourth-order valence-corrected chi connectivity index (χ4v) is 48.2. The van der Waals surface area contributed by atoms with E-state index in [1.54, 1.807) is 39.3 Å². The summed E-state index contributed by atoms with van der Waals surface area (Å²) in [5, 5.41) is 3.29. The Morgan fingerprint density at radius 2 is 0.886 bits per heavy atom. The highest BCUT2D eigenvalue weighted by molar-refractivity contribution is 7.00. The van der Waals surface area contributed by atoms with E-state index in [1.807, 2.05) is 6.55 Å². The first kappa shape index (κ1) is 29.2. The summed E-state index contributed by atoms with van der Waals surface area (Å²) >= 11 is 0. The third kappa shape index (κ3) is 6.85. The van der Waals surface area contributed by atoms with Crippen LogP contribution < -0.4 is 11.1 Å². The van der Waals surface area contributed by atoms with Gasteiger partial charge in [-0.15, -0.1) is 0 Å². The number of rotatable bonds is 6. The third-order valence-electron chi connectivity index (χ3n) is 5.45. The second-order valence-electron chi connectivity index (χ2n) is 9.97.